The highest BCUT2D eigenvalue weighted by molar-refractivity contribution is 5.97. The largest absolute Gasteiger partial charge is 0.361 e. The van der Waals surface area contributed by atoms with Gasteiger partial charge in [0.05, 0.1) is 0 Å². The lowest BCUT2D eigenvalue weighted by atomic mass is 9.98. The van der Waals surface area contributed by atoms with E-state index in [0.29, 0.717) is 0 Å². The third-order valence-electron chi connectivity index (χ3n) is 4.91. The quantitative estimate of drug-likeness (QED) is 0.711. The lowest BCUT2D eigenvalue weighted by Crippen LogP contribution is -2.21. The van der Waals surface area contributed by atoms with Crippen LogP contribution in [0.4, 0.5) is 5.69 Å². The zero-order valence-electron chi connectivity index (χ0n) is 13.4. The standard InChI is InChI=1S/C20H20N2O/c1-13-3-5-16(22-19(23)20(2)8-9-20)12-17(13)14-4-6-18-15(11-14)7-10-21-18/h3-7,10-12,21H,8-9H2,1-2H3,(H,22,23). The third kappa shape index (κ3) is 2.52. The maximum Gasteiger partial charge on any atom is 0.230 e. The van der Waals surface area contributed by atoms with E-state index in [4.69, 9.17) is 0 Å². The molecule has 0 atom stereocenters. The van der Waals surface area contributed by atoms with E-state index >= 15 is 0 Å². The molecule has 0 spiro atoms. The molecule has 1 amide bonds. The number of hydrogen-bond acceptors (Lipinski definition) is 1. The fraction of sp³-hybridized carbons (Fsp3) is 0.250. The van der Waals surface area contributed by atoms with Crippen LogP contribution in [-0.4, -0.2) is 10.9 Å². The zero-order valence-corrected chi connectivity index (χ0v) is 13.4. The van der Waals surface area contributed by atoms with Crippen molar-refractivity contribution in [3.8, 4) is 11.1 Å². The summed E-state index contributed by atoms with van der Waals surface area (Å²) in [5.74, 6) is 0.133. The van der Waals surface area contributed by atoms with Gasteiger partial charge in [0, 0.05) is 22.8 Å². The Balaban J connectivity index is 1.69. The Bertz CT molecular complexity index is 903. The number of anilines is 1. The molecule has 23 heavy (non-hydrogen) atoms. The topological polar surface area (TPSA) is 44.9 Å². The lowest BCUT2D eigenvalue weighted by Gasteiger charge is -2.13. The number of carbonyl (C=O) groups is 1. The molecular formula is C20H20N2O. The number of nitrogens with one attached hydrogen (secondary N) is 2. The number of hydrogen-bond donors (Lipinski definition) is 2. The predicted molar refractivity (Wildman–Crippen MR) is 94.4 cm³/mol. The van der Waals surface area contributed by atoms with Gasteiger partial charge in [0.1, 0.15) is 0 Å². The van der Waals surface area contributed by atoms with Crippen molar-refractivity contribution >= 4 is 22.5 Å². The van der Waals surface area contributed by atoms with Crippen molar-refractivity contribution in [2.75, 3.05) is 5.32 Å². The van der Waals surface area contributed by atoms with Gasteiger partial charge < -0.3 is 10.3 Å². The van der Waals surface area contributed by atoms with Crippen LogP contribution in [0.2, 0.25) is 0 Å². The predicted octanol–water partition coefficient (Wildman–Crippen LogP) is 4.88. The van der Waals surface area contributed by atoms with Gasteiger partial charge in [-0.25, -0.2) is 0 Å². The number of H-pyrrole nitrogens is 1. The summed E-state index contributed by atoms with van der Waals surface area (Å²) in [5, 5.41) is 4.26. The fourth-order valence-electron chi connectivity index (χ4n) is 2.93. The van der Waals surface area contributed by atoms with Crippen molar-refractivity contribution in [2.45, 2.75) is 26.7 Å². The summed E-state index contributed by atoms with van der Waals surface area (Å²) in [6.07, 6.45) is 3.93. The minimum absolute atomic E-state index is 0.133. The smallest absolute Gasteiger partial charge is 0.230 e. The van der Waals surface area contributed by atoms with E-state index in [1.165, 1.54) is 16.5 Å². The van der Waals surface area contributed by atoms with Crippen molar-refractivity contribution in [3.63, 3.8) is 0 Å². The number of aryl methyl sites for hydroxylation is 1. The number of amides is 1. The van der Waals surface area contributed by atoms with Crippen LogP contribution in [0.1, 0.15) is 25.3 Å². The van der Waals surface area contributed by atoms with Crippen LogP contribution in [-0.2, 0) is 4.79 Å². The molecular weight excluding hydrogens is 284 g/mol. The maximum atomic E-state index is 12.3. The number of benzene rings is 2. The highest BCUT2D eigenvalue weighted by Gasteiger charge is 2.44. The molecule has 1 heterocycles. The Kier molecular flexibility index (Phi) is 3.05. The van der Waals surface area contributed by atoms with E-state index in [2.05, 4.69) is 53.6 Å². The highest BCUT2D eigenvalue weighted by Crippen LogP contribution is 2.45. The number of aromatic nitrogens is 1. The van der Waals surface area contributed by atoms with Crippen LogP contribution < -0.4 is 5.32 Å². The molecule has 3 aromatic rings. The van der Waals surface area contributed by atoms with E-state index in [9.17, 15) is 4.79 Å². The normalized spacial score (nSPS) is 15.6. The maximum absolute atomic E-state index is 12.3. The van der Waals surface area contributed by atoms with E-state index in [-0.39, 0.29) is 11.3 Å². The van der Waals surface area contributed by atoms with Crippen molar-refractivity contribution in [1.82, 2.24) is 4.98 Å². The Hall–Kier alpha value is -2.55. The van der Waals surface area contributed by atoms with Gasteiger partial charge in [-0.15, -0.1) is 0 Å². The van der Waals surface area contributed by atoms with E-state index < -0.39 is 0 Å². The number of fused-ring (bicyclic) bond motifs is 1. The number of aromatic amines is 1. The molecule has 1 saturated carbocycles. The van der Waals surface area contributed by atoms with Crippen molar-refractivity contribution in [3.05, 3.63) is 54.2 Å². The average Bonchev–Trinajstić information content (AvgIpc) is 3.12. The molecule has 4 rings (SSSR count). The fourth-order valence-corrected chi connectivity index (χ4v) is 2.93. The van der Waals surface area contributed by atoms with Gasteiger partial charge in [0.2, 0.25) is 5.91 Å². The van der Waals surface area contributed by atoms with Crippen LogP contribution in [0.3, 0.4) is 0 Å². The van der Waals surface area contributed by atoms with Gasteiger partial charge in [-0.1, -0.05) is 19.1 Å². The van der Waals surface area contributed by atoms with Gasteiger partial charge >= 0.3 is 0 Å². The molecule has 0 unspecified atom stereocenters. The minimum Gasteiger partial charge on any atom is -0.361 e. The number of carbonyl (C=O) groups excluding carboxylic acids is 1. The second-order valence-corrected chi connectivity index (χ2v) is 6.82. The highest BCUT2D eigenvalue weighted by atomic mass is 16.2. The first-order chi connectivity index (χ1) is 11.0. The van der Waals surface area contributed by atoms with Crippen LogP contribution >= 0.6 is 0 Å². The zero-order chi connectivity index (χ0) is 16.0. The molecule has 0 aliphatic heterocycles. The first-order valence-corrected chi connectivity index (χ1v) is 8.05. The van der Waals surface area contributed by atoms with Gasteiger partial charge in [-0.2, -0.15) is 0 Å². The van der Waals surface area contributed by atoms with E-state index in [1.807, 2.05) is 19.2 Å². The summed E-state index contributed by atoms with van der Waals surface area (Å²) in [6.45, 7) is 4.13. The molecule has 1 aliphatic carbocycles. The summed E-state index contributed by atoms with van der Waals surface area (Å²) in [5.41, 5.74) is 5.39. The van der Waals surface area contributed by atoms with Gasteiger partial charge in [-0.3, -0.25) is 4.79 Å². The second kappa shape index (κ2) is 4.98. The Morgan fingerprint density at radius 2 is 1.96 bits per heavy atom. The summed E-state index contributed by atoms with van der Waals surface area (Å²) >= 11 is 0. The molecule has 0 bridgehead atoms. The monoisotopic (exact) mass is 304 g/mol. The molecule has 2 N–H and O–H groups in total. The van der Waals surface area contributed by atoms with Crippen molar-refractivity contribution in [2.24, 2.45) is 5.41 Å². The first kappa shape index (κ1) is 14.1. The third-order valence-corrected chi connectivity index (χ3v) is 4.91. The van der Waals surface area contributed by atoms with Crippen LogP contribution in [0.25, 0.3) is 22.0 Å². The van der Waals surface area contributed by atoms with Gasteiger partial charge in [0.15, 0.2) is 0 Å². The molecule has 3 nitrogen and oxygen atoms in total. The Morgan fingerprint density at radius 1 is 1.13 bits per heavy atom. The number of rotatable bonds is 3. The SMILES string of the molecule is Cc1ccc(NC(=O)C2(C)CC2)cc1-c1ccc2[nH]ccc2c1. The van der Waals surface area contributed by atoms with Gasteiger partial charge in [-0.05, 0) is 72.2 Å². The first-order valence-electron chi connectivity index (χ1n) is 8.05. The summed E-state index contributed by atoms with van der Waals surface area (Å²) < 4.78 is 0. The molecule has 116 valence electrons. The molecule has 3 heteroatoms. The summed E-state index contributed by atoms with van der Waals surface area (Å²) in [7, 11) is 0. The molecule has 0 saturated heterocycles. The van der Waals surface area contributed by atoms with Crippen molar-refractivity contribution < 1.29 is 4.79 Å². The lowest BCUT2D eigenvalue weighted by molar-refractivity contribution is -0.120. The van der Waals surface area contributed by atoms with Crippen LogP contribution in [0.5, 0.6) is 0 Å². The summed E-state index contributed by atoms with van der Waals surface area (Å²) in [4.78, 5) is 15.5. The molecule has 1 aliphatic rings. The second-order valence-electron chi connectivity index (χ2n) is 6.82. The minimum atomic E-state index is -0.158. The molecule has 0 radical (unpaired) electrons. The van der Waals surface area contributed by atoms with Crippen LogP contribution in [0, 0.1) is 12.3 Å². The Morgan fingerprint density at radius 3 is 2.74 bits per heavy atom. The van der Waals surface area contributed by atoms with E-state index in [1.54, 1.807) is 0 Å². The van der Waals surface area contributed by atoms with Crippen molar-refractivity contribution in [1.29, 1.82) is 0 Å². The molecule has 1 aromatic heterocycles. The molecule has 2 aromatic carbocycles. The van der Waals surface area contributed by atoms with Crippen LogP contribution in [0.15, 0.2) is 48.7 Å². The summed E-state index contributed by atoms with van der Waals surface area (Å²) in [6, 6.07) is 14.6. The molecule has 1 fully saturated rings. The van der Waals surface area contributed by atoms with E-state index in [0.717, 1.165) is 29.6 Å². The Labute approximate surface area is 135 Å². The average molecular weight is 304 g/mol. The van der Waals surface area contributed by atoms with Gasteiger partial charge in [0.25, 0.3) is 0 Å².